The third kappa shape index (κ3) is 3.28. The zero-order chi connectivity index (χ0) is 14.5. The molecular weight excluding hydrogens is 250 g/mol. The fraction of sp³-hybridized carbons (Fsp3) is 0.471. The van der Waals surface area contributed by atoms with Crippen LogP contribution in [-0.2, 0) is 11.2 Å². The summed E-state index contributed by atoms with van der Waals surface area (Å²) in [5.41, 5.74) is 1.31. The lowest BCUT2D eigenvalue weighted by Gasteiger charge is -2.26. The lowest BCUT2D eigenvalue weighted by atomic mass is 9.93. The molecule has 1 aromatic carbocycles. The minimum absolute atomic E-state index is 0.175. The topological polar surface area (TPSA) is 40.5 Å². The van der Waals surface area contributed by atoms with Crippen LogP contribution in [-0.4, -0.2) is 34.6 Å². The van der Waals surface area contributed by atoms with Crippen LogP contribution < -0.4 is 0 Å². The Labute approximate surface area is 120 Å². The maximum Gasteiger partial charge on any atom is 0.255 e. The van der Waals surface area contributed by atoms with Gasteiger partial charge < -0.3 is 10.0 Å². The summed E-state index contributed by atoms with van der Waals surface area (Å²) in [6, 6.07) is 10.6. The maximum absolute atomic E-state index is 12.2. The van der Waals surface area contributed by atoms with Gasteiger partial charge in [0.1, 0.15) is 0 Å². The largest absolute Gasteiger partial charge is 0.379 e. The fourth-order valence-corrected chi connectivity index (χ4v) is 2.94. The smallest absolute Gasteiger partial charge is 0.255 e. The molecule has 1 aliphatic heterocycles. The highest BCUT2D eigenvalue weighted by Gasteiger charge is 2.35. The van der Waals surface area contributed by atoms with E-state index >= 15 is 0 Å². The molecule has 3 nitrogen and oxygen atoms in total. The molecule has 1 aliphatic rings. The van der Waals surface area contributed by atoms with Gasteiger partial charge in [0.15, 0.2) is 6.10 Å². The predicted octanol–water partition coefficient (Wildman–Crippen LogP) is 2.40. The number of carbonyl (C=O) groups is 1. The Balaban J connectivity index is 1.99. The van der Waals surface area contributed by atoms with Gasteiger partial charge in [-0.3, -0.25) is 4.79 Å². The molecule has 0 aliphatic carbocycles. The van der Waals surface area contributed by atoms with Crippen LogP contribution in [0.1, 0.15) is 25.8 Å². The van der Waals surface area contributed by atoms with Gasteiger partial charge in [0.05, 0.1) is 0 Å². The highest BCUT2D eigenvalue weighted by molar-refractivity contribution is 5.83. The molecule has 3 unspecified atom stereocenters. The lowest BCUT2D eigenvalue weighted by molar-refractivity contribution is -0.138. The summed E-state index contributed by atoms with van der Waals surface area (Å²) in [6.45, 7) is 4.63. The molecule has 1 aromatic rings. The number of rotatable bonds is 4. The summed E-state index contributed by atoms with van der Waals surface area (Å²) in [5.74, 6) is 0.297. The van der Waals surface area contributed by atoms with Crippen molar-refractivity contribution in [1.29, 1.82) is 0 Å². The number of allylic oxidation sites excluding steroid dienone is 1. The highest BCUT2D eigenvalue weighted by Crippen LogP contribution is 2.28. The zero-order valence-corrected chi connectivity index (χ0v) is 12.2. The van der Waals surface area contributed by atoms with E-state index in [0.29, 0.717) is 5.92 Å². The van der Waals surface area contributed by atoms with Gasteiger partial charge in [0, 0.05) is 12.6 Å². The van der Waals surface area contributed by atoms with E-state index < -0.39 is 6.10 Å². The lowest BCUT2D eigenvalue weighted by Crippen LogP contribution is -2.41. The van der Waals surface area contributed by atoms with E-state index in [0.717, 1.165) is 19.4 Å². The van der Waals surface area contributed by atoms with E-state index in [1.165, 1.54) is 5.56 Å². The molecule has 3 atom stereocenters. The Morgan fingerprint density at radius 3 is 2.80 bits per heavy atom. The summed E-state index contributed by atoms with van der Waals surface area (Å²) in [7, 11) is 0. The van der Waals surface area contributed by atoms with Gasteiger partial charge in [0.25, 0.3) is 5.91 Å². The van der Waals surface area contributed by atoms with Crippen LogP contribution in [0, 0.1) is 5.92 Å². The molecule has 20 heavy (non-hydrogen) atoms. The molecule has 1 heterocycles. The van der Waals surface area contributed by atoms with Crippen molar-refractivity contribution in [1.82, 2.24) is 4.90 Å². The minimum atomic E-state index is -1.00. The van der Waals surface area contributed by atoms with Gasteiger partial charge in [-0.25, -0.2) is 0 Å². The first-order valence-electron chi connectivity index (χ1n) is 7.28. The Morgan fingerprint density at radius 2 is 2.15 bits per heavy atom. The summed E-state index contributed by atoms with van der Waals surface area (Å²) >= 11 is 0. The molecule has 0 spiro atoms. The summed E-state index contributed by atoms with van der Waals surface area (Å²) in [5, 5.41) is 9.79. The molecule has 0 bridgehead atoms. The van der Waals surface area contributed by atoms with Crippen LogP contribution in [0.4, 0.5) is 0 Å². The normalized spacial score (nSPS) is 24.2. The second-order valence-electron chi connectivity index (χ2n) is 5.48. The first kappa shape index (κ1) is 14.8. The van der Waals surface area contributed by atoms with Gasteiger partial charge in [0.2, 0.25) is 0 Å². The number of aliphatic hydroxyl groups excluding tert-OH is 1. The van der Waals surface area contributed by atoms with Crippen molar-refractivity contribution in [2.45, 2.75) is 38.8 Å². The fourth-order valence-electron chi connectivity index (χ4n) is 2.94. The standard InChI is InChI=1S/C17H23NO2/c1-3-7-16(19)17(20)18-11-10-15(13(18)2)12-14-8-5-4-6-9-14/h3-9,13,15-16,19H,10-12H2,1-2H3/b7-3+. The molecule has 2 rings (SSSR count). The number of nitrogens with zero attached hydrogens (tertiary/aromatic N) is 1. The minimum Gasteiger partial charge on any atom is -0.379 e. The van der Waals surface area contributed by atoms with Gasteiger partial charge in [-0.1, -0.05) is 42.5 Å². The SMILES string of the molecule is C/C=C/C(O)C(=O)N1CCC(Cc2ccccc2)C1C. The molecule has 0 radical (unpaired) electrons. The average Bonchev–Trinajstić information content (AvgIpc) is 2.81. The van der Waals surface area contributed by atoms with Crippen molar-refractivity contribution in [3.05, 3.63) is 48.0 Å². The Morgan fingerprint density at radius 1 is 1.45 bits per heavy atom. The second-order valence-corrected chi connectivity index (χ2v) is 5.48. The Kier molecular flexibility index (Phi) is 4.96. The summed E-state index contributed by atoms with van der Waals surface area (Å²) in [4.78, 5) is 14.0. The van der Waals surface area contributed by atoms with Crippen molar-refractivity contribution >= 4 is 5.91 Å². The predicted molar refractivity (Wildman–Crippen MR) is 80.2 cm³/mol. The van der Waals surface area contributed by atoms with Crippen molar-refractivity contribution in [3.63, 3.8) is 0 Å². The van der Waals surface area contributed by atoms with Gasteiger partial charge >= 0.3 is 0 Å². The van der Waals surface area contributed by atoms with E-state index in [1.807, 2.05) is 30.0 Å². The number of benzene rings is 1. The molecule has 1 amide bonds. The third-order valence-corrected chi connectivity index (χ3v) is 4.17. The number of amides is 1. The van der Waals surface area contributed by atoms with Crippen molar-refractivity contribution in [2.75, 3.05) is 6.54 Å². The van der Waals surface area contributed by atoms with Crippen molar-refractivity contribution < 1.29 is 9.90 Å². The van der Waals surface area contributed by atoms with Gasteiger partial charge in [-0.15, -0.1) is 0 Å². The number of hydrogen-bond donors (Lipinski definition) is 1. The second kappa shape index (κ2) is 6.71. The van der Waals surface area contributed by atoms with Gasteiger partial charge in [-0.2, -0.15) is 0 Å². The van der Waals surface area contributed by atoms with Crippen LogP contribution in [0.15, 0.2) is 42.5 Å². The first-order valence-corrected chi connectivity index (χ1v) is 7.28. The molecule has 0 aromatic heterocycles. The quantitative estimate of drug-likeness (QED) is 0.856. The van der Waals surface area contributed by atoms with Crippen molar-refractivity contribution in [3.8, 4) is 0 Å². The molecule has 1 fully saturated rings. The summed E-state index contributed by atoms with van der Waals surface area (Å²) in [6.07, 6.45) is 4.25. The van der Waals surface area contributed by atoms with Crippen LogP contribution in [0.3, 0.4) is 0 Å². The monoisotopic (exact) mass is 273 g/mol. The summed E-state index contributed by atoms with van der Waals surface area (Å²) < 4.78 is 0. The number of likely N-dealkylation sites (tertiary alicyclic amines) is 1. The van der Waals surface area contributed by atoms with Gasteiger partial charge in [-0.05, 0) is 38.2 Å². The van der Waals surface area contributed by atoms with E-state index in [9.17, 15) is 9.90 Å². The average molecular weight is 273 g/mol. The molecule has 1 saturated heterocycles. The van der Waals surface area contributed by atoms with Crippen molar-refractivity contribution in [2.24, 2.45) is 5.92 Å². The van der Waals surface area contributed by atoms with E-state index in [1.54, 1.807) is 12.2 Å². The van der Waals surface area contributed by atoms with E-state index in [4.69, 9.17) is 0 Å². The van der Waals surface area contributed by atoms with Crippen LogP contribution in [0.2, 0.25) is 0 Å². The van der Waals surface area contributed by atoms with Crippen LogP contribution >= 0.6 is 0 Å². The first-order chi connectivity index (χ1) is 9.63. The molecule has 1 N–H and O–H groups in total. The highest BCUT2D eigenvalue weighted by atomic mass is 16.3. The molecular formula is C17H23NO2. The zero-order valence-electron chi connectivity index (χ0n) is 12.2. The Bertz CT molecular complexity index is 469. The van der Waals surface area contributed by atoms with Crippen LogP contribution in [0.25, 0.3) is 0 Å². The van der Waals surface area contributed by atoms with Crippen LogP contribution in [0.5, 0.6) is 0 Å². The number of hydrogen-bond acceptors (Lipinski definition) is 2. The number of carbonyl (C=O) groups excluding carboxylic acids is 1. The maximum atomic E-state index is 12.2. The Hall–Kier alpha value is -1.61. The molecule has 108 valence electrons. The molecule has 3 heteroatoms. The van der Waals surface area contributed by atoms with E-state index in [-0.39, 0.29) is 11.9 Å². The number of aliphatic hydroxyl groups is 1. The van der Waals surface area contributed by atoms with E-state index in [2.05, 4.69) is 19.1 Å². The molecule has 0 saturated carbocycles. The third-order valence-electron chi connectivity index (χ3n) is 4.17.